The molecule has 0 bridgehead atoms. The Bertz CT molecular complexity index is 399. The smallest absolute Gasteiger partial charge is 0.327 e. The first-order chi connectivity index (χ1) is 9.13. The fourth-order valence-corrected chi connectivity index (χ4v) is 1.65. The van der Waals surface area contributed by atoms with Crippen LogP contribution in [-0.2, 0) is 9.53 Å². The van der Waals surface area contributed by atoms with Gasteiger partial charge in [0.05, 0.1) is 20.8 Å². The lowest BCUT2D eigenvalue weighted by molar-refractivity contribution is -0.134. The Hall–Kier alpha value is -1.27. The van der Waals surface area contributed by atoms with Gasteiger partial charge >= 0.3 is 5.97 Å². The topological polar surface area (TPSA) is 54.0 Å². The van der Waals surface area contributed by atoms with Crippen molar-refractivity contribution < 1.29 is 23.7 Å². The highest BCUT2D eigenvalue weighted by Gasteiger charge is 2.21. The molecular weight excluding hydrogens is 316 g/mol. The number of benzene rings is 1. The van der Waals surface area contributed by atoms with Crippen LogP contribution in [0.4, 0.5) is 0 Å². The van der Waals surface area contributed by atoms with Crippen LogP contribution in [0, 0.1) is 0 Å². The summed E-state index contributed by atoms with van der Waals surface area (Å²) in [7, 11) is 3.00. The van der Waals surface area contributed by atoms with Gasteiger partial charge < -0.3 is 18.9 Å². The van der Waals surface area contributed by atoms with E-state index in [2.05, 4.69) is 15.9 Å². The number of methoxy groups -OCH3 is 2. The van der Waals surface area contributed by atoms with Crippen LogP contribution in [0.1, 0.15) is 6.92 Å². The van der Waals surface area contributed by atoms with Gasteiger partial charge in [-0.1, -0.05) is 22.0 Å². The van der Waals surface area contributed by atoms with Crippen molar-refractivity contribution in [2.45, 2.75) is 11.8 Å². The molecule has 1 aromatic rings. The van der Waals surface area contributed by atoms with Crippen LogP contribution in [0.5, 0.6) is 17.2 Å². The molecule has 0 N–H and O–H groups in total. The average molecular weight is 333 g/mol. The van der Waals surface area contributed by atoms with Crippen LogP contribution >= 0.6 is 15.9 Å². The van der Waals surface area contributed by atoms with Crippen molar-refractivity contribution in [2.24, 2.45) is 0 Å². The molecule has 0 heterocycles. The standard InChI is InChI=1S/C13H17BrO5/c1-4-18-8-9(14)13(15)19-12-10(16-2)6-5-7-11(12)17-3/h5-7,9H,4,8H2,1-3H3. The number of hydrogen-bond acceptors (Lipinski definition) is 5. The minimum atomic E-state index is -0.540. The van der Waals surface area contributed by atoms with Crippen molar-refractivity contribution in [3.05, 3.63) is 18.2 Å². The number of rotatable bonds is 7. The minimum absolute atomic E-state index is 0.243. The summed E-state index contributed by atoms with van der Waals surface area (Å²) in [4.78, 5) is 11.4. The first-order valence-electron chi connectivity index (χ1n) is 5.78. The van der Waals surface area contributed by atoms with Gasteiger partial charge in [-0.15, -0.1) is 0 Å². The molecule has 1 atom stereocenters. The van der Waals surface area contributed by atoms with Gasteiger partial charge in [0.25, 0.3) is 0 Å². The summed E-state index contributed by atoms with van der Waals surface area (Å²) >= 11 is 3.21. The van der Waals surface area contributed by atoms with Gasteiger partial charge in [-0.3, -0.25) is 4.79 Å². The molecule has 1 unspecified atom stereocenters. The zero-order valence-corrected chi connectivity index (χ0v) is 12.7. The predicted octanol–water partition coefficient (Wildman–Crippen LogP) is 2.41. The normalized spacial score (nSPS) is 11.8. The Morgan fingerprint density at radius 3 is 2.32 bits per heavy atom. The van der Waals surface area contributed by atoms with Gasteiger partial charge in [0, 0.05) is 6.61 Å². The molecule has 106 valence electrons. The number of alkyl halides is 1. The van der Waals surface area contributed by atoms with Gasteiger partial charge in [-0.2, -0.15) is 0 Å². The van der Waals surface area contributed by atoms with Crippen LogP contribution in [0.15, 0.2) is 18.2 Å². The van der Waals surface area contributed by atoms with E-state index >= 15 is 0 Å². The lowest BCUT2D eigenvalue weighted by Gasteiger charge is -2.14. The van der Waals surface area contributed by atoms with Crippen molar-refractivity contribution in [1.82, 2.24) is 0 Å². The summed E-state index contributed by atoms with van der Waals surface area (Å²) in [6, 6.07) is 5.13. The zero-order valence-electron chi connectivity index (χ0n) is 11.1. The second-order valence-electron chi connectivity index (χ2n) is 3.54. The van der Waals surface area contributed by atoms with Crippen molar-refractivity contribution in [1.29, 1.82) is 0 Å². The molecule has 0 aliphatic rings. The monoisotopic (exact) mass is 332 g/mol. The molecule has 0 saturated heterocycles. The predicted molar refractivity (Wildman–Crippen MR) is 74.4 cm³/mol. The fourth-order valence-electron chi connectivity index (χ4n) is 1.37. The average Bonchev–Trinajstić information content (AvgIpc) is 2.44. The largest absolute Gasteiger partial charge is 0.493 e. The number of halogens is 1. The van der Waals surface area contributed by atoms with Crippen molar-refractivity contribution in [3.8, 4) is 17.2 Å². The molecule has 0 aliphatic heterocycles. The molecule has 0 saturated carbocycles. The van der Waals surface area contributed by atoms with Crippen LogP contribution < -0.4 is 14.2 Å². The van der Waals surface area contributed by atoms with E-state index in [9.17, 15) is 4.79 Å². The van der Waals surface area contributed by atoms with E-state index in [1.165, 1.54) is 14.2 Å². The summed E-state index contributed by atoms with van der Waals surface area (Å²) < 4.78 is 20.8. The number of para-hydroxylation sites is 1. The van der Waals surface area contributed by atoms with E-state index in [0.717, 1.165) is 0 Å². The maximum absolute atomic E-state index is 11.9. The molecule has 19 heavy (non-hydrogen) atoms. The fraction of sp³-hybridized carbons (Fsp3) is 0.462. The molecule has 1 rings (SSSR count). The van der Waals surface area contributed by atoms with Gasteiger partial charge in [-0.05, 0) is 19.1 Å². The molecule has 5 nitrogen and oxygen atoms in total. The highest BCUT2D eigenvalue weighted by atomic mass is 79.9. The SMILES string of the molecule is CCOCC(Br)C(=O)Oc1c(OC)cccc1OC. The van der Waals surface area contributed by atoms with Gasteiger partial charge in [0.2, 0.25) is 5.75 Å². The Balaban J connectivity index is 2.83. The van der Waals surface area contributed by atoms with Crippen molar-refractivity contribution in [2.75, 3.05) is 27.4 Å². The highest BCUT2D eigenvalue weighted by molar-refractivity contribution is 9.10. The van der Waals surface area contributed by atoms with Gasteiger partial charge in [0.15, 0.2) is 11.5 Å². The highest BCUT2D eigenvalue weighted by Crippen LogP contribution is 2.37. The van der Waals surface area contributed by atoms with Crippen LogP contribution in [0.3, 0.4) is 0 Å². The number of ether oxygens (including phenoxy) is 4. The van der Waals surface area contributed by atoms with Crippen LogP contribution in [0.2, 0.25) is 0 Å². The summed E-state index contributed by atoms with van der Waals surface area (Å²) in [5.41, 5.74) is 0. The molecular formula is C13H17BrO5. The third-order valence-corrected chi connectivity index (χ3v) is 2.95. The zero-order chi connectivity index (χ0) is 14.3. The van der Waals surface area contributed by atoms with E-state index < -0.39 is 10.8 Å². The molecule has 0 aromatic heterocycles. The maximum atomic E-state index is 11.9. The lowest BCUT2D eigenvalue weighted by Crippen LogP contribution is -2.25. The molecule has 0 radical (unpaired) electrons. The second kappa shape index (κ2) is 8.01. The molecule has 0 spiro atoms. The lowest BCUT2D eigenvalue weighted by atomic mass is 10.3. The summed E-state index contributed by atoms with van der Waals surface area (Å²) in [5.74, 6) is 0.669. The van der Waals surface area contributed by atoms with Gasteiger partial charge in [-0.25, -0.2) is 0 Å². The first kappa shape index (κ1) is 15.8. The summed E-state index contributed by atoms with van der Waals surface area (Å²) in [6.07, 6.45) is 0. The number of esters is 1. The van der Waals surface area contributed by atoms with Crippen molar-refractivity contribution >= 4 is 21.9 Å². The number of carbonyl (C=O) groups excluding carboxylic acids is 1. The molecule has 0 amide bonds. The Morgan fingerprint density at radius 1 is 1.26 bits per heavy atom. The quantitative estimate of drug-likeness (QED) is 0.436. The second-order valence-corrected chi connectivity index (χ2v) is 4.65. The summed E-state index contributed by atoms with van der Waals surface area (Å²) in [6.45, 7) is 2.63. The molecule has 0 aliphatic carbocycles. The first-order valence-corrected chi connectivity index (χ1v) is 6.70. The van der Waals surface area contributed by atoms with E-state index in [1.807, 2.05) is 6.92 Å². The Morgan fingerprint density at radius 2 is 1.84 bits per heavy atom. The van der Waals surface area contributed by atoms with E-state index in [-0.39, 0.29) is 12.4 Å². The van der Waals surface area contributed by atoms with Crippen molar-refractivity contribution in [3.63, 3.8) is 0 Å². The third kappa shape index (κ3) is 4.40. The van der Waals surface area contributed by atoms with E-state index in [1.54, 1.807) is 18.2 Å². The minimum Gasteiger partial charge on any atom is -0.493 e. The van der Waals surface area contributed by atoms with E-state index in [0.29, 0.717) is 18.1 Å². The van der Waals surface area contributed by atoms with E-state index in [4.69, 9.17) is 18.9 Å². The van der Waals surface area contributed by atoms with Crippen LogP contribution in [0.25, 0.3) is 0 Å². The maximum Gasteiger partial charge on any atom is 0.327 e. The number of carbonyl (C=O) groups is 1. The third-order valence-electron chi connectivity index (χ3n) is 2.31. The summed E-state index contributed by atoms with van der Waals surface area (Å²) in [5, 5.41) is 0. The van der Waals surface area contributed by atoms with Crippen LogP contribution in [-0.4, -0.2) is 38.2 Å². The molecule has 1 aromatic carbocycles. The Labute approximate surface area is 120 Å². The molecule has 0 fully saturated rings. The number of hydrogen-bond donors (Lipinski definition) is 0. The van der Waals surface area contributed by atoms with Gasteiger partial charge in [0.1, 0.15) is 4.83 Å². The Kier molecular flexibility index (Phi) is 6.66. The molecule has 6 heteroatoms.